The molecule has 0 saturated carbocycles. The number of carbonyl (C=O) groups excluding carboxylic acids is 3. The van der Waals surface area contributed by atoms with Gasteiger partial charge < -0.3 is 16.0 Å². The van der Waals surface area contributed by atoms with Gasteiger partial charge in [0.1, 0.15) is 5.82 Å². The normalized spacial score (nSPS) is 9.92. The SMILES string of the molecule is CC(=O)Nc1cccc(NC(=O)C(=O)NCc2ccc(F)cc2)c1. The Balaban J connectivity index is 1.90. The van der Waals surface area contributed by atoms with Crippen LogP contribution in [0.25, 0.3) is 0 Å². The lowest BCUT2D eigenvalue weighted by Crippen LogP contribution is -2.34. The van der Waals surface area contributed by atoms with Crippen molar-refractivity contribution in [2.24, 2.45) is 0 Å². The molecule has 0 radical (unpaired) electrons. The number of carbonyl (C=O) groups is 3. The Morgan fingerprint density at radius 1 is 0.917 bits per heavy atom. The molecule has 7 heteroatoms. The molecule has 2 rings (SSSR count). The van der Waals surface area contributed by atoms with E-state index in [9.17, 15) is 18.8 Å². The first-order chi connectivity index (χ1) is 11.4. The molecule has 124 valence electrons. The van der Waals surface area contributed by atoms with Gasteiger partial charge in [-0.25, -0.2) is 4.39 Å². The molecule has 24 heavy (non-hydrogen) atoms. The van der Waals surface area contributed by atoms with Crippen LogP contribution in [0.1, 0.15) is 12.5 Å². The van der Waals surface area contributed by atoms with Crippen molar-refractivity contribution < 1.29 is 18.8 Å². The molecule has 3 amide bonds. The Bertz CT molecular complexity index is 760. The highest BCUT2D eigenvalue weighted by atomic mass is 19.1. The third kappa shape index (κ3) is 5.20. The van der Waals surface area contributed by atoms with Crippen molar-refractivity contribution in [1.29, 1.82) is 0 Å². The number of hydrogen-bond donors (Lipinski definition) is 3. The van der Waals surface area contributed by atoms with Crippen LogP contribution in [0.5, 0.6) is 0 Å². The average molecular weight is 329 g/mol. The van der Waals surface area contributed by atoms with Gasteiger partial charge in [-0.3, -0.25) is 14.4 Å². The molecule has 0 atom stereocenters. The average Bonchev–Trinajstić information content (AvgIpc) is 2.53. The molecule has 3 N–H and O–H groups in total. The second-order valence-electron chi connectivity index (χ2n) is 5.03. The highest BCUT2D eigenvalue weighted by molar-refractivity contribution is 6.39. The van der Waals surface area contributed by atoms with Gasteiger partial charge in [-0.15, -0.1) is 0 Å². The standard InChI is InChI=1S/C17H16FN3O3/c1-11(22)20-14-3-2-4-15(9-14)21-17(24)16(23)19-10-12-5-7-13(18)8-6-12/h2-9H,10H2,1H3,(H,19,23)(H,20,22)(H,21,24). The van der Waals surface area contributed by atoms with Crippen LogP contribution in [0.4, 0.5) is 15.8 Å². The van der Waals surface area contributed by atoms with E-state index in [0.717, 1.165) is 0 Å². The molecule has 2 aromatic carbocycles. The fourth-order valence-corrected chi connectivity index (χ4v) is 1.93. The predicted octanol–water partition coefficient (Wildman–Crippen LogP) is 2.04. The van der Waals surface area contributed by atoms with Crippen LogP contribution in [-0.4, -0.2) is 17.7 Å². The maximum atomic E-state index is 12.8. The van der Waals surface area contributed by atoms with Crippen molar-refractivity contribution in [1.82, 2.24) is 5.32 Å². The van der Waals surface area contributed by atoms with Crippen molar-refractivity contribution in [2.75, 3.05) is 10.6 Å². The Morgan fingerprint density at radius 2 is 1.54 bits per heavy atom. The Kier molecular flexibility index (Phi) is 5.62. The van der Waals surface area contributed by atoms with Crippen molar-refractivity contribution >= 4 is 29.1 Å². The number of nitrogens with one attached hydrogen (secondary N) is 3. The van der Waals surface area contributed by atoms with Gasteiger partial charge in [0, 0.05) is 24.8 Å². The van der Waals surface area contributed by atoms with Crippen LogP contribution in [0.3, 0.4) is 0 Å². The van der Waals surface area contributed by atoms with Crippen molar-refractivity contribution in [3.63, 3.8) is 0 Å². The van der Waals surface area contributed by atoms with Crippen LogP contribution < -0.4 is 16.0 Å². The van der Waals surface area contributed by atoms with Crippen LogP contribution in [0.2, 0.25) is 0 Å². The lowest BCUT2D eigenvalue weighted by Gasteiger charge is -2.08. The minimum atomic E-state index is -0.836. The maximum absolute atomic E-state index is 12.8. The zero-order chi connectivity index (χ0) is 17.5. The van der Waals surface area contributed by atoms with Gasteiger partial charge in [-0.2, -0.15) is 0 Å². The monoisotopic (exact) mass is 329 g/mol. The molecule has 0 heterocycles. The van der Waals surface area contributed by atoms with Crippen LogP contribution >= 0.6 is 0 Å². The maximum Gasteiger partial charge on any atom is 0.313 e. The van der Waals surface area contributed by atoms with Crippen LogP contribution in [0.15, 0.2) is 48.5 Å². The van der Waals surface area contributed by atoms with E-state index >= 15 is 0 Å². The highest BCUT2D eigenvalue weighted by Gasteiger charge is 2.13. The molecule has 2 aromatic rings. The van der Waals surface area contributed by atoms with E-state index in [4.69, 9.17) is 0 Å². The number of anilines is 2. The van der Waals surface area contributed by atoms with E-state index in [1.807, 2.05) is 0 Å². The summed E-state index contributed by atoms with van der Waals surface area (Å²) in [7, 11) is 0. The summed E-state index contributed by atoms with van der Waals surface area (Å²) in [5.74, 6) is -2.27. The summed E-state index contributed by atoms with van der Waals surface area (Å²) in [4.78, 5) is 34.6. The van der Waals surface area contributed by atoms with E-state index in [1.165, 1.54) is 37.3 Å². The summed E-state index contributed by atoms with van der Waals surface area (Å²) >= 11 is 0. The Morgan fingerprint density at radius 3 is 2.17 bits per heavy atom. The number of amides is 3. The van der Waals surface area contributed by atoms with E-state index in [0.29, 0.717) is 16.9 Å². The van der Waals surface area contributed by atoms with Gasteiger partial charge in [0.2, 0.25) is 5.91 Å². The summed E-state index contributed by atoms with van der Waals surface area (Å²) in [5, 5.41) is 7.46. The molecule has 0 aromatic heterocycles. The molecule has 0 unspecified atom stereocenters. The number of rotatable bonds is 4. The van der Waals surface area contributed by atoms with Crippen molar-refractivity contribution in [2.45, 2.75) is 13.5 Å². The van der Waals surface area contributed by atoms with E-state index in [1.54, 1.807) is 18.2 Å². The van der Waals surface area contributed by atoms with Gasteiger partial charge >= 0.3 is 11.8 Å². The summed E-state index contributed by atoms with van der Waals surface area (Å²) in [6.07, 6.45) is 0. The highest BCUT2D eigenvalue weighted by Crippen LogP contribution is 2.14. The van der Waals surface area contributed by atoms with Gasteiger partial charge in [0.15, 0.2) is 0 Å². The van der Waals surface area contributed by atoms with Crippen molar-refractivity contribution in [3.8, 4) is 0 Å². The third-order valence-electron chi connectivity index (χ3n) is 3.01. The number of hydrogen-bond acceptors (Lipinski definition) is 3. The number of halogens is 1. The van der Waals surface area contributed by atoms with E-state index in [-0.39, 0.29) is 18.3 Å². The van der Waals surface area contributed by atoms with Crippen molar-refractivity contribution in [3.05, 3.63) is 59.9 Å². The molecule has 6 nitrogen and oxygen atoms in total. The Labute approximate surface area is 138 Å². The molecule has 0 bridgehead atoms. The summed E-state index contributed by atoms with van der Waals surface area (Å²) < 4.78 is 12.8. The first-order valence-corrected chi connectivity index (χ1v) is 7.15. The van der Waals surface area contributed by atoms with Gasteiger partial charge in [0.05, 0.1) is 0 Å². The third-order valence-corrected chi connectivity index (χ3v) is 3.01. The van der Waals surface area contributed by atoms with E-state index in [2.05, 4.69) is 16.0 Å². The topological polar surface area (TPSA) is 87.3 Å². The lowest BCUT2D eigenvalue weighted by atomic mass is 10.2. The minimum Gasteiger partial charge on any atom is -0.344 e. The minimum absolute atomic E-state index is 0.110. The predicted molar refractivity (Wildman–Crippen MR) is 87.6 cm³/mol. The smallest absolute Gasteiger partial charge is 0.313 e. The van der Waals surface area contributed by atoms with E-state index < -0.39 is 11.8 Å². The first kappa shape index (κ1) is 17.1. The van der Waals surface area contributed by atoms with Crippen LogP contribution in [0, 0.1) is 5.82 Å². The fraction of sp³-hybridized carbons (Fsp3) is 0.118. The molecule has 0 fully saturated rings. The summed E-state index contributed by atoms with van der Waals surface area (Å²) in [6, 6.07) is 12.0. The second-order valence-corrected chi connectivity index (χ2v) is 5.03. The zero-order valence-electron chi connectivity index (χ0n) is 12.9. The van der Waals surface area contributed by atoms with Gasteiger partial charge in [-0.1, -0.05) is 18.2 Å². The molecule has 0 aliphatic rings. The molecule has 0 spiro atoms. The largest absolute Gasteiger partial charge is 0.344 e. The summed E-state index contributed by atoms with van der Waals surface area (Å²) in [5.41, 5.74) is 1.56. The molecule has 0 saturated heterocycles. The molecule has 0 aliphatic heterocycles. The molecular formula is C17H16FN3O3. The number of benzene rings is 2. The Hall–Kier alpha value is -3.22. The zero-order valence-corrected chi connectivity index (χ0v) is 12.9. The molecule has 0 aliphatic carbocycles. The lowest BCUT2D eigenvalue weighted by molar-refractivity contribution is -0.136. The van der Waals surface area contributed by atoms with Gasteiger partial charge in [0.25, 0.3) is 0 Å². The molecular weight excluding hydrogens is 313 g/mol. The van der Waals surface area contributed by atoms with Gasteiger partial charge in [-0.05, 0) is 35.9 Å². The second kappa shape index (κ2) is 7.87. The van der Waals surface area contributed by atoms with Crippen LogP contribution in [-0.2, 0) is 20.9 Å². The first-order valence-electron chi connectivity index (χ1n) is 7.15. The quantitative estimate of drug-likeness (QED) is 0.750. The summed E-state index contributed by atoms with van der Waals surface area (Å²) in [6.45, 7) is 1.48. The fourth-order valence-electron chi connectivity index (χ4n) is 1.93.